The third-order valence-corrected chi connectivity index (χ3v) is 3.32. The normalized spacial score (nSPS) is 12.1. The molecule has 0 unspecified atom stereocenters. The fourth-order valence-corrected chi connectivity index (χ4v) is 2.19. The van der Waals surface area contributed by atoms with E-state index in [9.17, 15) is 4.79 Å². The van der Waals surface area contributed by atoms with Crippen LogP contribution in [-0.2, 0) is 11.2 Å². The quantitative estimate of drug-likeness (QED) is 0.796. The van der Waals surface area contributed by atoms with Gasteiger partial charge in [0.15, 0.2) is 0 Å². The fraction of sp³-hybridized carbons (Fsp3) is 0.429. The molecule has 1 atom stereocenters. The zero-order chi connectivity index (χ0) is 14.4. The molecule has 0 N–H and O–H groups in total. The van der Waals surface area contributed by atoms with E-state index in [4.69, 9.17) is 0 Å². The first-order valence-corrected chi connectivity index (χ1v) is 6.81. The van der Waals surface area contributed by atoms with E-state index in [2.05, 4.69) is 15.5 Å². The highest BCUT2D eigenvalue weighted by Crippen LogP contribution is 2.16. The highest BCUT2D eigenvalue weighted by atomic mass is 16.2. The summed E-state index contributed by atoms with van der Waals surface area (Å²) in [7, 11) is 0. The van der Waals surface area contributed by atoms with Gasteiger partial charge in [-0.05, 0) is 29.8 Å². The number of carbonyl (C=O) groups excluding carboxylic acids is 1. The molecule has 1 heterocycles. The Labute approximate surface area is 118 Å². The van der Waals surface area contributed by atoms with Crippen molar-refractivity contribution < 1.29 is 4.79 Å². The summed E-state index contributed by atoms with van der Waals surface area (Å²) in [4.78, 5) is 14.4. The van der Waals surface area contributed by atoms with Gasteiger partial charge in [0.25, 0.3) is 0 Å². The van der Waals surface area contributed by atoms with Gasteiger partial charge in [0, 0.05) is 19.5 Å². The van der Waals surface area contributed by atoms with Crippen LogP contribution in [0.15, 0.2) is 36.7 Å². The van der Waals surface area contributed by atoms with E-state index in [1.807, 2.05) is 44.2 Å². The van der Waals surface area contributed by atoms with Crippen molar-refractivity contribution in [3.63, 3.8) is 0 Å². The molecule has 1 aromatic carbocycles. The van der Waals surface area contributed by atoms with Gasteiger partial charge in [-0.3, -0.25) is 4.79 Å². The molecular weight excluding hydrogens is 254 g/mol. The lowest BCUT2D eigenvalue weighted by molar-refractivity contribution is -0.134. The van der Waals surface area contributed by atoms with Crippen molar-refractivity contribution in [2.24, 2.45) is 0 Å². The summed E-state index contributed by atoms with van der Waals surface area (Å²) in [6.07, 6.45) is 2.08. The van der Waals surface area contributed by atoms with Crippen LogP contribution in [0.2, 0.25) is 0 Å². The largest absolute Gasteiger partial charge is 0.341 e. The first-order chi connectivity index (χ1) is 9.76. The summed E-state index contributed by atoms with van der Waals surface area (Å²) < 4.78 is 1.54. The van der Waals surface area contributed by atoms with E-state index >= 15 is 0 Å². The summed E-state index contributed by atoms with van der Waals surface area (Å²) in [5.41, 5.74) is 1.09. The molecule has 0 spiro atoms. The van der Waals surface area contributed by atoms with Crippen LogP contribution < -0.4 is 0 Å². The van der Waals surface area contributed by atoms with Gasteiger partial charge in [-0.15, -0.1) is 5.10 Å². The molecule has 1 amide bonds. The van der Waals surface area contributed by atoms with Gasteiger partial charge in [0.1, 0.15) is 12.4 Å². The van der Waals surface area contributed by atoms with Crippen molar-refractivity contribution in [3.8, 4) is 0 Å². The number of rotatable bonds is 6. The van der Waals surface area contributed by atoms with Crippen LogP contribution in [0.3, 0.4) is 0 Å². The van der Waals surface area contributed by atoms with E-state index in [1.165, 1.54) is 11.0 Å². The minimum absolute atomic E-state index is 0.0474. The molecular formula is C14H19N5O. The van der Waals surface area contributed by atoms with Gasteiger partial charge in [-0.1, -0.05) is 30.3 Å². The summed E-state index contributed by atoms with van der Waals surface area (Å²) in [5, 5.41) is 11.2. The van der Waals surface area contributed by atoms with Crippen LogP contribution >= 0.6 is 0 Å². The molecule has 0 bridgehead atoms. The molecule has 0 aliphatic heterocycles. The zero-order valence-electron chi connectivity index (χ0n) is 11.8. The smallest absolute Gasteiger partial charge is 0.247 e. The van der Waals surface area contributed by atoms with Crippen LogP contribution in [-0.4, -0.2) is 44.1 Å². The molecule has 0 saturated carbocycles. The molecule has 6 heteroatoms. The SMILES string of the molecule is CCN(CC)C(=O)[C@H](Cc1ccccc1)n1cnnn1. The average Bonchev–Trinajstić information content (AvgIpc) is 3.01. The fourth-order valence-electron chi connectivity index (χ4n) is 2.19. The summed E-state index contributed by atoms with van der Waals surface area (Å²) in [5.74, 6) is 0.0474. The minimum atomic E-state index is -0.396. The van der Waals surface area contributed by atoms with Crippen molar-refractivity contribution in [3.05, 3.63) is 42.2 Å². The third kappa shape index (κ3) is 3.20. The van der Waals surface area contributed by atoms with Crippen LogP contribution in [0.5, 0.6) is 0 Å². The molecule has 0 aliphatic rings. The first-order valence-electron chi connectivity index (χ1n) is 6.81. The van der Waals surface area contributed by atoms with Gasteiger partial charge in [-0.2, -0.15) is 0 Å². The van der Waals surface area contributed by atoms with Crippen molar-refractivity contribution in [1.29, 1.82) is 0 Å². The Morgan fingerprint density at radius 3 is 2.50 bits per heavy atom. The topological polar surface area (TPSA) is 63.9 Å². The number of benzene rings is 1. The lowest BCUT2D eigenvalue weighted by atomic mass is 10.0. The third-order valence-electron chi connectivity index (χ3n) is 3.32. The number of tetrazole rings is 1. The second-order valence-electron chi connectivity index (χ2n) is 4.51. The number of amides is 1. The van der Waals surface area contributed by atoms with Crippen molar-refractivity contribution >= 4 is 5.91 Å². The maximum Gasteiger partial charge on any atom is 0.247 e. The Balaban J connectivity index is 2.24. The molecule has 0 saturated heterocycles. The average molecular weight is 273 g/mol. The van der Waals surface area contributed by atoms with Gasteiger partial charge in [0.2, 0.25) is 5.91 Å². The van der Waals surface area contributed by atoms with E-state index < -0.39 is 6.04 Å². The summed E-state index contributed by atoms with van der Waals surface area (Å²) >= 11 is 0. The number of nitrogens with zero attached hydrogens (tertiary/aromatic N) is 5. The van der Waals surface area contributed by atoms with Gasteiger partial charge in [-0.25, -0.2) is 4.68 Å². The standard InChI is InChI=1S/C14H19N5O/c1-3-18(4-2)14(20)13(19-11-15-16-17-19)10-12-8-6-5-7-9-12/h5-9,11,13H,3-4,10H2,1-2H3/t13-/m0/s1. The molecule has 0 fully saturated rings. The highest BCUT2D eigenvalue weighted by molar-refractivity contribution is 5.80. The second kappa shape index (κ2) is 6.79. The Morgan fingerprint density at radius 1 is 1.25 bits per heavy atom. The molecule has 0 aliphatic carbocycles. The summed E-state index contributed by atoms with van der Waals surface area (Å²) in [6.45, 7) is 5.31. The molecule has 2 rings (SSSR count). The molecule has 0 radical (unpaired) electrons. The predicted molar refractivity (Wildman–Crippen MR) is 74.9 cm³/mol. The number of carbonyl (C=O) groups is 1. The molecule has 20 heavy (non-hydrogen) atoms. The van der Waals surface area contributed by atoms with Crippen LogP contribution in [0.4, 0.5) is 0 Å². The van der Waals surface area contributed by atoms with E-state index in [-0.39, 0.29) is 5.91 Å². The van der Waals surface area contributed by atoms with Crippen molar-refractivity contribution in [1.82, 2.24) is 25.1 Å². The summed E-state index contributed by atoms with van der Waals surface area (Å²) in [6, 6.07) is 9.51. The first kappa shape index (κ1) is 14.2. The van der Waals surface area contributed by atoms with Crippen molar-refractivity contribution in [2.75, 3.05) is 13.1 Å². The van der Waals surface area contributed by atoms with Crippen LogP contribution in [0.25, 0.3) is 0 Å². The molecule has 6 nitrogen and oxygen atoms in total. The Bertz CT molecular complexity index is 522. The Hall–Kier alpha value is -2.24. The zero-order valence-corrected chi connectivity index (χ0v) is 11.8. The predicted octanol–water partition coefficient (Wildman–Crippen LogP) is 1.33. The molecule has 2 aromatic rings. The maximum absolute atomic E-state index is 12.6. The van der Waals surface area contributed by atoms with Crippen LogP contribution in [0.1, 0.15) is 25.5 Å². The Kier molecular flexibility index (Phi) is 4.81. The number of hydrogen-bond donors (Lipinski definition) is 0. The number of hydrogen-bond acceptors (Lipinski definition) is 4. The monoisotopic (exact) mass is 273 g/mol. The van der Waals surface area contributed by atoms with Gasteiger partial charge >= 0.3 is 0 Å². The second-order valence-corrected chi connectivity index (χ2v) is 4.51. The van der Waals surface area contributed by atoms with Gasteiger partial charge in [0.05, 0.1) is 0 Å². The number of aromatic nitrogens is 4. The number of likely N-dealkylation sites (N-methyl/N-ethyl adjacent to an activating group) is 1. The minimum Gasteiger partial charge on any atom is -0.341 e. The van der Waals surface area contributed by atoms with E-state index in [0.717, 1.165) is 5.56 Å². The van der Waals surface area contributed by atoms with Gasteiger partial charge < -0.3 is 4.90 Å². The van der Waals surface area contributed by atoms with E-state index in [1.54, 1.807) is 4.90 Å². The Morgan fingerprint density at radius 2 is 1.95 bits per heavy atom. The van der Waals surface area contributed by atoms with E-state index in [0.29, 0.717) is 19.5 Å². The lowest BCUT2D eigenvalue weighted by Gasteiger charge is -2.24. The lowest BCUT2D eigenvalue weighted by Crippen LogP contribution is -2.38. The molecule has 106 valence electrons. The highest BCUT2D eigenvalue weighted by Gasteiger charge is 2.25. The van der Waals surface area contributed by atoms with Crippen LogP contribution in [0, 0.1) is 0 Å². The molecule has 1 aromatic heterocycles. The maximum atomic E-state index is 12.6. The van der Waals surface area contributed by atoms with Crippen molar-refractivity contribution in [2.45, 2.75) is 26.3 Å².